The smallest absolute Gasteiger partial charge is 0.308 e. The molecule has 0 bridgehead atoms. The fraction of sp³-hybridized carbons (Fsp3) is 0.300. The van der Waals surface area contributed by atoms with E-state index in [0.717, 1.165) is 5.56 Å². The first-order valence-corrected chi connectivity index (χ1v) is 8.43. The summed E-state index contributed by atoms with van der Waals surface area (Å²) >= 11 is 0. The summed E-state index contributed by atoms with van der Waals surface area (Å²) in [6.07, 6.45) is 0.0577. The van der Waals surface area contributed by atoms with Crippen molar-refractivity contribution in [2.24, 2.45) is 5.92 Å². The molecule has 2 aromatic rings. The standard InChI is InChI=1S/C20H21NO5/c1-13(20(23)24-2)11-14-7-9-15(10-8-14)25-12-18-21-19(22)16-5-3-4-6-17(16)26-18/h3-10,13,18H,11-12H2,1-2H3,(H,21,22). The molecule has 6 nitrogen and oxygen atoms in total. The van der Waals surface area contributed by atoms with Gasteiger partial charge in [0.2, 0.25) is 6.23 Å². The van der Waals surface area contributed by atoms with Gasteiger partial charge in [-0.15, -0.1) is 0 Å². The van der Waals surface area contributed by atoms with Gasteiger partial charge in [-0.1, -0.05) is 31.2 Å². The lowest BCUT2D eigenvalue weighted by Gasteiger charge is -2.26. The molecule has 1 N–H and O–H groups in total. The van der Waals surface area contributed by atoms with Crippen LogP contribution < -0.4 is 14.8 Å². The van der Waals surface area contributed by atoms with Crippen LogP contribution in [0.2, 0.25) is 0 Å². The van der Waals surface area contributed by atoms with Gasteiger partial charge >= 0.3 is 5.97 Å². The maximum Gasteiger partial charge on any atom is 0.308 e. The highest BCUT2D eigenvalue weighted by molar-refractivity contribution is 5.97. The van der Waals surface area contributed by atoms with E-state index < -0.39 is 6.23 Å². The van der Waals surface area contributed by atoms with Crippen molar-refractivity contribution in [2.75, 3.05) is 13.7 Å². The van der Waals surface area contributed by atoms with Gasteiger partial charge in [0.1, 0.15) is 18.1 Å². The average Bonchev–Trinajstić information content (AvgIpc) is 2.67. The highest BCUT2D eigenvalue weighted by Gasteiger charge is 2.25. The van der Waals surface area contributed by atoms with Crippen molar-refractivity contribution in [3.05, 3.63) is 59.7 Å². The molecular formula is C20H21NO5. The number of methoxy groups -OCH3 is 1. The number of benzene rings is 2. The number of ether oxygens (including phenoxy) is 3. The Hall–Kier alpha value is -3.02. The van der Waals surface area contributed by atoms with Crippen molar-refractivity contribution in [1.29, 1.82) is 0 Å². The number of amides is 1. The minimum absolute atomic E-state index is 0.174. The van der Waals surface area contributed by atoms with Crippen LogP contribution in [0.15, 0.2) is 48.5 Å². The molecule has 1 aliphatic rings. The van der Waals surface area contributed by atoms with Crippen LogP contribution in [0.1, 0.15) is 22.8 Å². The first-order valence-electron chi connectivity index (χ1n) is 8.43. The number of esters is 1. The second kappa shape index (κ2) is 7.91. The van der Waals surface area contributed by atoms with E-state index in [0.29, 0.717) is 23.5 Å². The number of fused-ring (bicyclic) bond motifs is 1. The molecule has 0 fully saturated rings. The Balaban J connectivity index is 1.54. The molecule has 1 aliphatic heterocycles. The summed E-state index contributed by atoms with van der Waals surface area (Å²) < 4.78 is 16.2. The van der Waals surface area contributed by atoms with Crippen LogP contribution in [0.25, 0.3) is 0 Å². The molecule has 0 saturated heterocycles. The molecule has 26 heavy (non-hydrogen) atoms. The first-order chi connectivity index (χ1) is 12.6. The van der Waals surface area contributed by atoms with Gasteiger partial charge in [-0.25, -0.2) is 0 Å². The highest BCUT2D eigenvalue weighted by Crippen LogP contribution is 2.23. The number of hydrogen-bond acceptors (Lipinski definition) is 5. The molecular weight excluding hydrogens is 334 g/mol. The van der Waals surface area contributed by atoms with Crippen LogP contribution in [0.3, 0.4) is 0 Å². The summed E-state index contributed by atoms with van der Waals surface area (Å²) in [7, 11) is 1.39. The second-order valence-electron chi connectivity index (χ2n) is 6.16. The summed E-state index contributed by atoms with van der Waals surface area (Å²) in [4.78, 5) is 23.5. The van der Waals surface area contributed by atoms with Gasteiger partial charge in [0.25, 0.3) is 5.91 Å². The molecule has 1 heterocycles. The first kappa shape index (κ1) is 17.8. The van der Waals surface area contributed by atoms with Gasteiger partial charge in [-0.2, -0.15) is 0 Å². The van der Waals surface area contributed by atoms with Crippen LogP contribution in [-0.4, -0.2) is 31.8 Å². The lowest BCUT2D eigenvalue weighted by Crippen LogP contribution is -2.46. The molecule has 2 aromatic carbocycles. The molecule has 0 radical (unpaired) electrons. The van der Waals surface area contributed by atoms with E-state index in [9.17, 15) is 9.59 Å². The third kappa shape index (κ3) is 4.14. The van der Waals surface area contributed by atoms with E-state index >= 15 is 0 Å². The van der Waals surface area contributed by atoms with E-state index in [2.05, 4.69) is 5.32 Å². The van der Waals surface area contributed by atoms with Crippen molar-refractivity contribution < 1.29 is 23.8 Å². The van der Waals surface area contributed by atoms with E-state index in [-0.39, 0.29) is 24.4 Å². The number of carbonyl (C=O) groups is 2. The Morgan fingerprint density at radius 1 is 1.19 bits per heavy atom. The van der Waals surface area contributed by atoms with Crippen LogP contribution in [0.4, 0.5) is 0 Å². The quantitative estimate of drug-likeness (QED) is 0.806. The van der Waals surface area contributed by atoms with Crippen molar-refractivity contribution in [3.63, 3.8) is 0 Å². The largest absolute Gasteiger partial charge is 0.488 e. The third-order valence-electron chi connectivity index (χ3n) is 4.16. The SMILES string of the molecule is COC(=O)C(C)Cc1ccc(OCC2NC(=O)c3ccccc3O2)cc1. The predicted molar refractivity (Wildman–Crippen MR) is 95.1 cm³/mol. The predicted octanol–water partition coefficient (Wildman–Crippen LogP) is 2.57. The molecule has 3 rings (SSSR count). The molecule has 0 aliphatic carbocycles. The summed E-state index contributed by atoms with van der Waals surface area (Å²) in [6.45, 7) is 2.02. The van der Waals surface area contributed by atoms with Gasteiger partial charge in [-0.3, -0.25) is 9.59 Å². The average molecular weight is 355 g/mol. The fourth-order valence-electron chi connectivity index (χ4n) is 2.77. The van der Waals surface area contributed by atoms with Crippen molar-refractivity contribution >= 4 is 11.9 Å². The number of nitrogens with one attached hydrogen (secondary N) is 1. The van der Waals surface area contributed by atoms with Crippen LogP contribution in [-0.2, 0) is 16.0 Å². The summed E-state index contributed by atoms with van der Waals surface area (Å²) in [5.74, 6) is 0.620. The summed E-state index contributed by atoms with van der Waals surface area (Å²) in [6, 6.07) is 14.6. The number of para-hydroxylation sites is 1. The van der Waals surface area contributed by atoms with Crippen LogP contribution >= 0.6 is 0 Å². The third-order valence-corrected chi connectivity index (χ3v) is 4.16. The van der Waals surface area contributed by atoms with Crippen LogP contribution in [0, 0.1) is 5.92 Å². The zero-order valence-corrected chi connectivity index (χ0v) is 14.7. The monoisotopic (exact) mass is 355 g/mol. The number of hydrogen-bond donors (Lipinski definition) is 1. The Labute approximate surface area is 152 Å². The van der Waals surface area contributed by atoms with Crippen LogP contribution in [0.5, 0.6) is 11.5 Å². The Kier molecular flexibility index (Phi) is 5.41. The minimum atomic E-state index is -0.545. The lowest BCUT2D eigenvalue weighted by atomic mass is 10.0. The summed E-state index contributed by atoms with van der Waals surface area (Å²) in [5.41, 5.74) is 1.54. The second-order valence-corrected chi connectivity index (χ2v) is 6.16. The maximum atomic E-state index is 12.0. The van der Waals surface area contributed by atoms with E-state index in [1.807, 2.05) is 37.3 Å². The molecule has 2 unspecified atom stereocenters. The van der Waals surface area contributed by atoms with Crippen molar-refractivity contribution in [2.45, 2.75) is 19.6 Å². The molecule has 2 atom stereocenters. The molecule has 0 saturated carbocycles. The molecule has 0 aromatic heterocycles. The molecule has 136 valence electrons. The van der Waals surface area contributed by atoms with E-state index in [1.165, 1.54) is 7.11 Å². The van der Waals surface area contributed by atoms with Gasteiger partial charge in [0.15, 0.2) is 0 Å². The number of rotatable bonds is 6. The Morgan fingerprint density at radius 3 is 2.65 bits per heavy atom. The van der Waals surface area contributed by atoms with E-state index in [1.54, 1.807) is 18.2 Å². The fourth-order valence-corrected chi connectivity index (χ4v) is 2.77. The minimum Gasteiger partial charge on any atom is -0.488 e. The molecule has 1 amide bonds. The Morgan fingerprint density at radius 2 is 1.92 bits per heavy atom. The Bertz CT molecular complexity index is 787. The van der Waals surface area contributed by atoms with Gasteiger partial charge < -0.3 is 19.5 Å². The van der Waals surface area contributed by atoms with Crippen molar-refractivity contribution in [1.82, 2.24) is 5.32 Å². The van der Waals surface area contributed by atoms with Gasteiger partial charge in [0, 0.05) is 0 Å². The van der Waals surface area contributed by atoms with E-state index in [4.69, 9.17) is 14.2 Å². The molecule has 6 heteroatoms. The lowest BCUT2D eigenvalue weighted by molar-refractivity contribution is -0.144. The highest BCUT2D eigenvalue weighted by atomic mass is 16.5. The summed E-state index contributed by atoms with van der Waals surface area (Å²) in [5, 5.41) is 2.76. The zero-order valence-electron chi connectivity index (χ0n) is 14.7. The number of carbonyl (C=O) groups excluding carboxylic acids is 2. The van der Waals surface area contributed by atoms with Crippen molar-refractivity contribution in [3.8, 4) is 11.5 Å². The topological polar surface area (TPSA) is 73.9 Å². The maximum absolute atomic E-state index is 12.0. The normalized spacial score (nSPS) is 16.7. The zero-order chi connectivity index (χ0) is 18.5. The van der Waals surface area contributed by atoms with Gasteiger partial charge in [0.05, 0.1) is 18.6 Å². The molecule has 0 spiro atoms. The van der Waals surface area contributed by atoms with Gasteiger partial charge in [-0.05, 0) is 36.2 Å².